The molecular formula is C16H13NO3. The van der Waals surface area contributed by atoms with Crippen LogP contribution < -0.4 is 10.5 Å². The number of carbonyl (C=O) groups is 2. The summed E-state index contributed by atoms with van der Waals surface area (Å²) in [6.45, 7) is 0. The fourth-order valence-electron chi connectivity index (χ4n) is 2.53. The van der Waals surface area contributed by atoms with E-state index in [1.165, 1.54) is 0 Å². The van der Waals surface area contributed by atoms with Crippen LogP contribution in [0.4, 0.5) is 0 Å². The molecule has 20 heavy (non-hydrogen) atoms. The van der Waals surface area contributed by atoms with Gasteiger partial charge in [-0.3, -0.25) is 9.59 Å². The van der Waals surface area contributed by atoms with Crippen LogP contribution in [0.1, 0.15) is 22.6 Å². The van der Waals surface area contributed by atoms with Gasteiger partial charge in [-0.25, -0.2) is 0 Å². The SMILES string of the molecule is NC(=O)Cc1cccc2c1OC(=O)C2c1ccccc1. The fourth-order valence-corrected chi connectivity index (χ4v) is 2.53. The molecule has 3 rings (SSSR count). The minimum Gasteiger partial charge on any atom is -0.425 e. The Balaban J connectivity index is 2.08. The van der Waals surface area contributed by atoms with Crippen molar-refractivity contribution in [1.29, 1.82) is 0 Å². The summed E-state index contributed by atoms with van der Waals surface area (Å²) in [7, 11) is 0. The van der Waals surface area contributed by atoms with Crippen LogP contribution in [0.25, 0.3) is 0 Å². The number of ether oxygens (including phenoxy) is 1. The lowest BCUT2D eigenvalue weighted by atomic mass is 9.91. The zero-order valence-corrected chi connectivity index (χ0v) is 10.7. The summed E-state index contributed by atoms with van der Waals surface area (Å²) in [5.41, 5.74) is 7.55. The minimum absolute atomic E-state index is 0.0674. The van der Waals surface area contributed by atoms with Crippen molar-refractivity contribution in [2.45, 2.75) is 12.3 Å². The number of para-hydroxylation sites is 1. The maximum absolute atomic E-state index is 12.1. The number of primary amides is 1. The maximum atomic E-state index is 12.1. The zero-order chi connectivity index (χ0) is 14.1. The number of rotatable bonds is 3. The van der Waals surface area contributed by atoms with E-state index >= 15 is 0 Å². The minimum atomic E-state index is -0.447. The molecule has 0 saturated heterocycles. The van der Waals surface area contributed by atoms with Gasteiger partial charge in [-0.15, -0.1) is 0 Å². The monoisotopic (exact) mass is 267 g/mol. The summed E-state index contributed by atoms with van der Waals surface area (Å²) < 4.78 is 5.36. The van der Waals surface area contributed by atoms with Crippen LogP contribution in [0.3, 0.4) is 0 Å². The highest BCUT2D eigenvalue weighted by Gasteiger charge is 2.35. The number of nitrogens with two attached hydrogens (primary N) is 1. The molecular weight excluding hydrogens is 254 g/mol. The van der Waals surface area contributed by atoms with Crippen molar-refractivity contribution in [2.75, 3.05) is 0 Å². The first-order valence-corrected chi connectivity index (χ1v) is 6.33. The van der Waals surface area contributed by atoms with E-state index in [4.69, 9.17) is 10.5 Å². The number of carbonyl (C=O) groups excluding carboxylic acids is 2. The molecule has 100 valence electrons. The van der Waals surface area contributed by atoms with Crippen LogP contribution in [-0.4, -0.2) is 11.9 Å². The Kier molecular flexibility index (Phi) is 2.99. The van der Waals surface area contributed by atoms with Crippen LogP contribution >= 0.6 is 0 Å². The van der Waals surface area contributed by atoms with Crippen LogP contribution in [0.5, 0.6) is 5.75 Å². The summed E-state index contributed by atoms with van der Waals surface area (Å²) in [6.07, 6.45) is 0.0674. The van der Waals surface area contributed by atoms with E-state index in [1.54, 1.807) is 6.07 Å². The predicted octanol–water partition coefficient (Wildman–Crippen LogP) is 1.77. The number of esters is 1. The lowest BCUT2D eigenvalue weighted by molar-refractivity contribution is -0.133. The Morgan fingerprint density at radius 3 is 2.55 bits per heavy atom. The maximum Gasteiger partial charge on any atom is 0.323 e. The second kappa shape index (κ2) is 4.81. The molecule has 0 fully saturated rings. The second-order valence-electron chi connectivity index (χ2n) is 4.74. The molecule has 0 spiro atoms. The Hall–Kier alpha value is -2.62. The summed E-state index contributed by atoms with van der Waals surface area (Å²) >= 11 is 0. The van der Waals surface area contributed by atoms with Crippen LogP contribution in [0, 0.1) is 0 Å². The zero-order valence-electron chi connectivity index (χ0n) is 10.7. The first kappa shape index (κ1) is 12.4. The van der Waals surface area contributed by atoms with E-state index in [0.717, 1.165) is 11.1 Å². The molecule has 2 aromatic rings. The number of amides is 1. The number of hydrogen-bond acceptors (Lipinski definition) is 3. The van der Waals surface area contributed by atoms with E-state index in [9.17, 15) is 9.59 Å². The third-order valence-electron chi connectivity index (χ3n) is 3.37. The highest BCUT2D eigenvalue weighted by atomic mass is 16.5. The highest BCUT2D eigenvalue weighted by molar-refractivity contribution is 5.91. The third kappa shape index (κ3) is 2.05. The van der Waals surface area contributed by atoms with Crippen LogP contribution in [0.2, 0.25) is 0 Å². The van der Waals surface area contributed by atoms with Gasteiger partial charge in [-0.1, -0.05) is 48.5 Å². The van der Waals surface area contributed by atoms with E-state index in [1.807, 2.05) is 42.5 Å². The molecule has 2 aromatic carbocycles. The van der Waals surface area contributed by atoms with Crippen molar-refractivity contribution in [2.24, 2.45) is 5.73 Å². The van der Waals surface area contributed by atoms with Crippen molar-refractivity contribution in [3.05, 3.63) is 65.2 Å². The average Bonchev–Trinajstić information content (AvgIpc) is 2.76. The van der Waals surface area contributed by atoms with E-state index in [2.05, 4.69) is 0 Å². The van der Waals surface area contributed by atoms with Gasteiger partial charge in [0.05, 0.1) is 6.42 Å². The van der Waals surface area contributed by atoms with Gasteiger partial charge in [0.25, 0.3) is 0 Å². The highest BCUT2D eigenvalue weighted by Crippen LogP contribution is 2.41. The molecule has 0 aromatic heterocycles. The Bertz CT molecular complexity index is 679. The fraction of sp³-hybridized carbons (Fsp3) is 0.125. The number of fused-ring (bicyclic) bond motifs is 1. The van der Waals surface area contributed by atoms with Gasteiger partial charge >= 0.3 is 5.97 Å². The molecule has 0 saturated carbocycles. The average molecular weight is 267 g/mol. The summed E-state index contributed by atoms with van der Waals surface area (Å²) in [5, 5.41) is 0. The molecule has 1 unspecified atom stereocenters. The molecule has 0 radical (unpaired) electrons. The topological polar surface area (TPSA) is 69.4 Å². The quantitative estimate of drug-likeness (QED) is 0.680. The van der Waals surface area contributed by atoms with E-state index in [0.29, 0.717) is 11.3 Å². The second-order valence-corrected chi connectivity index (χ2v) is 4.74. The predicted molar refractivity (Wildman–Crippen MR) is 73.3 cm³/mol. The van der Waals surface area contributed by atoms with Crippen molar-refractivity contribution in [3.8, 4) is 5.75 Å². The number of hydrogen-bond donors (Lipinski definition) is 1. The van der Waals surface area contributed by atoms with Gasteiger partial charge in [0.2, 0.25) is 5.91 Å². The molecule has 1 amide bonds. The third-order valence-corrected chi connectivity index (χ3v) is 3.37. The van der Waals surface area contributed by atoms with Crippen molar-refractivity contribution < 1.29 is 14.3 Å². The van der Waals surface area contributed by atoms with Crippen molar-refractivity contribution >= 4 is 11.9 Å². The molecule has 0 bridgehead atoms. The first-order valence-electron chi connectivity index (χ1n) is 6.33. The van der Waals surface area contributed by atoms with E-state index in [-0.39, 0.29) is 12.4 Å². The summed E-state index contributed by atoms with van der Waals surface area (Å²) in [5.74, 6) is -0.718. The van der Waals surface area contributed by atoms with Crippen LogP contribution in [0.15, 0.2) is 48.5 Å². The molecule has 0 aliphatic carbocycles. The molecule has 2 N–H and O–H groups in total. The molecule has 1 heterocycles. The van der Waals surface area contributed by atoms with Crippen molar-refractivity contribution in [1.82, 2.24) is 0 Å². The van der Waals surface area contributed by atoms with Gasteiger partial charge in [-0.2, -0.15) is 0 Å². The van der Waals surface area contributed by atoms with Gasteiger partial charge in [0.15, 0.2) is 0 Å². The molecule has 4 nitrogen and oxygen atoms in total. The smallest absolute Gasteiger partial charge is 0.323 e. The van der Waals surface area contributed by atoms with Gasteiger partial charge in [0.1, 0.15) is 11.7 Å². The van der Waals surface area contributed by atoms with E-state index < -0.39 is 11.8 Å². The standard InChI is InChI=1S/C16H13NO3/c17-13(18)9-11-7-4-8-12-14(16(19)20-15(11)12)10-5-2-1-3-6-10/h1-8,14H,9H2,(H2,17,18). The molecule has 1 aliphatic heterocycles. The summed E-state index contributed by atoms with van der Waals surface area (Å²) in [4.78, 5) is 23.2. The molecule has 1 aliphatic rings. The van der Waals surface area contributed by atoms with Crippen molar-refractivity contribution in [3.63, 3.8) is 0 Å². The Labute approximate surface area is 116 Å². The molecule has 4 heteroatoms. The Morgan fingerprint density at radius 2 is 1.85 bits per heavy atom. The largest absolute Gasteiger partial charge is 0.425 e. The molecule has 1 atom stereocenters. The lowest BCUT2D eigenvalue weighted by Crippen LogP contribution is -2.14. The lowest BCUT2D eigenvalue weighted by Gasteiger charge is -2.07. The normalized spacial score (nSPS) is 16.6. The summed E-state index contributed by atoms with van der Waals surface area (Å²) in [6, 6.07) is 14.9. The van der Waals surface area contributed by atoms with Gasteiger partial charge in [0, 0.05) is 11.1 Å². The Morgan fingerprint density at radius 1 is 1.10 bits per heavy atom. The van der Waals surface area contributed by atoms with Crippen LogP contribution in [-0.2, 0) is 16.0 Å². The van der Waals surface area contributed by atoms with Gasteiger partial charge in [-0.05, 0) is 5.56 Å². The number of benzene rings is 2. The first-order chi connectivity index (χ1) is 9.66. The van der Waals surface area contributed by atoms with Gasteiger partial charge < -0.3 is 10.5 Å².